The molecule has 1 fully saturated rings. The first kappa shape index (κ1) is 22.0. The Morgan fingerprint density at radius 2 is 1.59 bits per heavy atom. The Bertz CT molecular complexity index is 1010. The molecule has 4 rings (SSSR count). The molecule has 0 radical (unpaired) electrons. The van der Waals surface area contributed by atoms with E-state index in [-0.39, 0.29) is 6.01 Å². The Morgan fingerprint density at radius 1 is 0.906 bits per heavy atom. The quantitative estimate of drug-likeness (QED) is 0.532. The van der Waals surface area contributed by atoms with Crippen molar-refractivity contribution in [3.8, 4) is 28.9 Å². The summed E-state index contributed by atoms with van der Waals surface area (Å²) in [6, 6.07) is 16.8. The van der Waals surface area contributed by atoms with Crippen molar-refractivity contribution >= 4 is 0 Å². The van der Waals surface area contributed by atoms with Gasteiger partial charge in [-0.3, -0.25) is 4.90 Å². The molecule has 1 aliphatic rings. The Balaban J connectivity index is 1.53. The molecule has 0 unspecified atom stereocenters. The zero-order chi connectivity index (χ0) is 22.3. The molecule has 0 amide bonds. The molecule has 0 N–H and O–H groups in total. The monoisotopic (exact) mass is 435 g/mol. The molecule has 0 atom stereocenters. The van der Waals surface area contributed by atoms with E-state index in [1.54, 1.807) is 14.2 Å². The largest absolute Gasteiger partial charge is 0.481 e. The van der Waals surface area contributed by atoms with E-state index in [1.165, 1.54) is 16.7 Å². The fourth-order valence-electron chi connectivity index (χ4n) is 3.86. The van der Waals surface area contributed by atoms with E-state index in [4.69, 9.17) is 18.9 Å². The zero-order valence-corrected chi connectivity index (χ0v) is 18.8. The molecule has 1 aliphatic heterocycles. The van der Waals surface area contributed by atoms with Gasteiger partial charge in [-0.15, -0.1) is 0 Å². The number of hydrogen-bond acceptors (Lipinski definition) is 7. The van der Waals surface area contributed by atoms with E-state index in [9.17, 15) is 0 Å². The van der Waals surface area contributed by atoms with E-state index in [1.807, 2.05) is 24.3 Å². The highest BCUT2D eigenvalue weighted by molar-refractivity contribution is 5.68. The number of methoxy groups -OCH3 is 2. The van der Waals surface area contributed by atoms with Crippen molar-refractivity contribution in [2.45, 2.75) is 20.1 Å². The molecule has 1 aromatic heterocycles. The summed E-state index contributed by atoms with van der Waals surface area (Å²) in [7, 11) is 3.20. The van der Waals surface area contributed by atoms with Crippen LogP contribution in [0, 0.1) is 6.92 Å². The third-order valence-electron chi connectivity index (χ3n) is 5.67. The molecule has 0 aliphatic carbocycles. The predicted molar refractivity (Wildman–Crippen MR) is 122 cm³/mol. The summed E-state index contributed by atoms with van der Waals surface area (Å²) in [5.41, 5.74) is 5.42. The minimum absolute atomic E-state index is 0.231. The fraction of sp³-hybridized carbons (Fsp3) is 0.360. The second kappa shape index (κ2) is 10.4. The van der Waals surface area contributed by atoms with Crippen LogP contribution in [-0.4, -0.2) is 55.4 Å². The first-order valence-electron chi connectivity index (χ1n) is 10.7. The molecule has 3 aromatic rings. The lowest BCUT2D eigenvalue weighted by Gasteiger charge is -2.27. The number of morpholine rings is 1. The van der Waals surface area contributed by atoms with Crippen LogP contribution in [-0.2, 0) is 17.9 Å². The summed E-state index contributed by atoms with van der Waals surface area (Å²) in [6.07, 6.45) is 0. The van der Waals surface area contributed by atoms with Crippen LogP contribution in [0.5, 0.6) is 17.8 Å². The lowest BCUT2D eigenvalue weighted by molar-refractivity contribution is 0.0333. The highest BCUT2D eigenvalue weighted by Crippen LogP contribution is 2.30. The molecular weight excluding hydrogens is 406 g/mol. The summed E-state index contributed by atoms with van der Waals surface area (Å²) in [4.78, 5) is 11.3. The van der Waals surface area contributed by atoms with Crippen LogP contribution in [0.1, 0.15) is 16.7 Å². The van der Waals surface area contributed by atoms with Crippen molar-refractivity contribution in [2.24, 2.45) is 0 Å². The van der Waals surface area contributed by atoms with E-state index < -0.39 is 0 Å². The maximum absolute atomic E-state index is 5.98. The van der Waals surface area contributed by atoms with E-state index in [2.05, 4.69) is 46.1 Å². The first-order chi connectivity index (χ1) is 15.7. The van der Waals surface area contributed by atoms with Crippen LogP contribution >= 0.6 is 0 Å². The zero-order valence-electron chi connectivity index (χ0n) is 18.8. The summed E-state index contributed by atoms with van der Waals surface area (Å²) >= 11 is 0. The lowest BCUT2D eigenvalue weighted by atomic mass is 9.97. The number of aromatic nitrogens is 2. The van der Waals surface area contributed by atoms with Crippen LogP contribution in [0.4, 0.5) is 0 Å². The molecule has 7 heteroatoms. The number of hydrogen-bond donors (Lipinski definition) is 0. The van der Waals surface area contributed by atoms with Gasteiger partial charge in [0, 0.05) is 19.6 Å². The van der Waals surface area contributed by atoms with Gasteiger partial charge in [0.05, 0.1) is 33.0 Å². The van der Waals surface area contributed by atoms with Gasteiger partial charge in [0.1, 0.15) is 6.61 Å². The summed E-state index contributed by atoms with van der Waals surface area (Å²) < 4.78 is 22.5. The molecule has 0 spiro atoms. The lowest BCUT2D eigenvalue weighted by Crippen LogP contribution is -2.36. The van der Waals surface area contributed by atoms with Gasteiger partial charge in [0.2, 0.25) is 11.8 Å². The number of ether oxygens (including phenoxy) is 4. The third-order valence-corrected chi connectivity index (χ3v) is 5.67. The minimum Gasteiger partial charge on any atom is -0.481 e. The number of rotatable bonds is 8. The van der Waals surface area contributed by atoms with Crippen molar-refractivity contribution in [3.05, 3.63) is 65.2 Å². The van der Waals surface area contributed by atoms with Crippen LogP contribution in [0.2, 0.25) is 0 Å². The summed E-state index contributed by atoms with van der Waals surface area (Å²) in [5.74, 6) is 0.932. The molecule has 7 nitrogen and oxygen atoms in total. The number of nitrogens with zero attached hydrogens (tertiary/aromatic N) is 3. The van der Waals surface area contributed by atoms with Gasteiger partial charge < -0.3 is 18.9 Å². The second-order valence-electron chi connectivity index (χ2n) is 7.64. The maximum atomic E-state index is 5.98. The highest BCUT2D eigenvalue weighted by atomic mass is 16.5. The smallest absolute Gasteiger partial charge is 0.323 e. The average Bonchev–Trinajstić information content (AvgIpc) is 2.85. The van der Waals surface area contributed by atoms with Crippen molar-refractivity contribution in [3.63, 3.8) is 0 Å². The van der Waals surface area contributed by atoms with Gasteiger partial charge in [-0.05, 0) is 29.2 Å². The Kier molecular flexibility index (Phi) is 7.19. The number of benzene rings is 2. The Labute approximate surface area is 188 Å². The van der Waals surface area contributed by atoms with Gasteiger partial charge >= 0.3 is 6.01 Å². The molecule has 0 saturated carbocycles. The molecular formula is C25H29N3O4. The van der Waals surface area contributed by atoms with Gasteiger partial charge in [0.15, 0.2) is 0 Å². The van der Waals surface area contributed by atoms with Crippen LogP contribution in [0.15, 0.2) is 48.5 Å². The van der Waals surface area contributed by atoms with Gasteiger partial charge in [0.25, 0.3) is 0 Å². The molecule has 0 bridgehead atoms. The summed E-state index contributed by atoms with van der Waals surface area (Å²) in [5, 5.41) is 0. The van der Waals surface area contributed by atoms with Crippen molar-refractivity contribution in [1.82, 2.24) is 14.9 Å². The minimum atomic E-state index is 0.231. The fourth-order valence-corrected chi connectivity index (χ4v) is 3.86. The summed E-state index contributed by atoms with van der Waals surface area (Å²) in [6.45, 7) is 6.22. The normalized spacial score (nSPS) is 14.2. The topological polar surface area (TPSA) is 65.9 Å². The second-order valence-corrected chi connectivity index (χ2v) is 7.64. The van der Waals surface area contributed by atoms with E-state index in [0.29, 0.717) is 38.1 Å². The molecule has 168 valence electrons. The van der Waals surface area contributed by atoms with Gasteiger partial charge in [-0.2, -0.15) is 9.97 Å². The van der Waals surface area contributed by atoms with Gasteiger partial charge in [-0.25, -0.2) is 0 Å². The molecule has 1 saturated heterocycles. The maximum Gasteiger partial charge on any atom is 0.323 e. The van der Waals surface area contributed by atoms with Crippen molar-refractivity contribution < 1.29 is 18.9 Å². The van der Waals surface area contributed by atoms with Crippen molar-refractivity contribution in [2.75, 3.05) is 40.5 Å². The third kappa shape index (κ3) is 5.00. The first-order valence-corrected chi connectivity index (χ1v) is 10.7. The van der Waals surface area contributed by atoms with Crippen LogP contribution in [0.25, 0.3) is 11.1 Å². The van der Waals surface area contributed by atoms with E-state index in [0.717, 1.165) is 24.2 Å². The standard InChI is InChI=1S/C25H29N3O4/c1-18-20(10-7-11-21(18)19-8-5-4-6-9-19)17-32-25-26-23(29-2)22(24(27-25)30-3)16-28-12-14-31-15-13-28/h4-11H,12-17H2,1-3H3. The average molecular weight is 436 g/mol. The molecule has 2 aromatic carbocycles. The van der Waals surface area contributed by atoms with Gasteiger partial charge in [-0.1, -0.05) is 48.5 Å². The SMILES string of the molecule is COc1nc(OCc2cccc(-c3ccccc3)c2C)nc(OC)c1CN1CCOCC1. The molecule has 2 heterocycles. The molecule has 32 heavy (non-hydrogen) atoms. The Hall–Kier alpha value is -3.16. The van der Waals surface area contributed by atoms with Crippen LogP contribution < -0.4 is 14.2 Å². The highest BCUT2D eigenvalue weighted by Gasteiger charge is 2.21. The van der Waals surface area contributed by atoms with Crippen molar-refractivity contribution in [1.29, 1.82) is 0 Å². The predicted octanol–water partition coefficient (Wildman–Crippen LogP) is 3.88. The van der Waals surface area contributed by atoms with E-state index >= 15 is 0 Å². The Morgan fingerprint density at radius 3 is 2.25 bits per heavy atom. The van der Waals surface area contributed by atoms with Crippen LogP contribution in [0.3, 0.4) is 0 Å².